The second-order valence-corrected chi connectivity index (χ2v) is 6.22. The average Bonchev–Trinajstić information content (AvgIpc) is 2.42. The third-order valence-corrected chi connectivity index (χ3v) is 4.32. The van der Waals surface area contributed by atoms with E-state index in [2.05, 4.69) is 4.72 Å². The van der Waals surface area contributed by atoms with E-state index in [4.69, 9.17) is 22.1 Å². The Balaban J connectivity index is 2.40. The first-order valence-electron chi connectivity index (χ1n) is 5.75. The van der Waals surface area contributed by atoms with Crippen LogP contribution in [0.5, 0.6) is 5.75 Å². The average molecular weight is 331 g/mol. The second kappa shape index (κ2) is 5.79. The summed E-state index contributed by atoms with van der Waals surface area (Å²) in [6.07, 6.45) is 0. The molecule has 0 aliphatic carbocycles. The number of sulfonamides is 1. The monoisotopic (exact) mass is 330 g/mol. The van der Waals surface area contributed by atoms with Crippen LogP contribution in [0.3, 0.4) is 0 Å². The molecule has 112 valence electrons. The van der Waals surface area contributed by atoms with Crippen molar-refractivity contribution in [1.82, 2.24) is 0 Å². The molecule has 2 rings (SSSR count). The van der Waals surface area contributed by atoms with Crippen LogP contribution >= 0.6 is 11.6 Å². The molecule has 0 amide bonds. The summed E-state index contributed by atoms with van der Waals surface area (Å²) in [6.45, 7) is 0. The summed E-state index contributed by atoms with van der Waals surface area (Å²) in [5.41, 5.74) is 5.39. The number of rotatable bonds is 4. The lowest BCUT2D eigenvalue weighted by Crippen LogP contribution is -2.14. The van der Waals surface area contributed by atoms with E-state index in [1.807, 2.05) is 0 Å². The van der Waals surface area contributed by atoms with Crippen molar-refractivity contribution in [2.75, 3.05) is 17.6 Å². The molecule has 0 aliphatic rings. The molecule has 0 aromatic heterocycles. The van der Waals surface area contributed by atoms with Crippen molar-refractivity contribution < 1.29 is 17.5 Å². The fourth-order valence-electron chi connectivity index (χ4n) is 1.68. The highest BCUT2D eigenvalue weighted by atomic mass is 35.5. The van der Waals surface area contributed by atoms with Gasteiger partial charge in [-0.15, -0.1) is 0 Å². The number of hydrogen-bond acceptors (Lipinski definition) is 4. The summed E-state index contributed by atoms with van der Waals surface area (Å²) in [7, 11) is -2.58. The van der Waals surface area contributed by atoms with Gasteiger partial charge in [-0.05, 0) is 30.3 Å². The number of nitrogen functional groups attached to an aromatic ring is 1. The largest absolute Gasteiger partial charge is 0.495 e. The van der Waals surface area contributed by atoms with Crippen LogP contribution < -0.4 is 15.2 Å². The van der Waals surface area contributed by atoms with Crippen molar-refractivity contribution in [2.45, 2.75) is 4.90 Å². The standard InChI is InChI=1S/C13H12ClFN2O3S/c1-20-12-6-8(14)2-5-13(12)21(18,19)17-9-3-4-10(15)11(16)7-9/h2-7,17H,16H2,1H3. The van der Waals surface area contributed by atoms with Gasteiger partial charge in [0.15, 0.2) is 0 Å². The van der Waals surface area contributed by atoms with Gasteiger partial charge < -0.3 is 10.5 Å². The Morgan fingerprint density at radius 3 is 2.57 bits per heavy atom. The molecule has 0 aliphatic heterocycles. The maximum Gasteiger partial charge on any atom is 0.265 e. The fourth-order valence-corrected chi connectivity index (χ4v) is 3.04. The second-order valence-electron chi connectivity index (χ2n) is 4.14. The summed E-state index contributed by atoms with van der Waals surface area (Å²) in [6, 6.07) is 7.66. The molecule has 0 atom stereocenters. The summed E-state index contributed by atoms with van der Waals surface area (Å²) in [5, 5.41) is 0.344. The third-order valence-electron chi connectivity index (χ3n) is 2.66. The van der Waals surface area contributed by atoms with E-state index in [1.54, 1.807) is 0 Å². The highest BCUT2D eigenvalue weighted by Gasteiger charge is 2.20. The zero-order valence-corrected chi connectivity index (χ0v) is 12.5. The van der Waals surface area contributed by atoms with Gasteiger partial charge in [-0.25, -0.2) is 12.8 Å². The maximum atomic E-state index is 13.1. The zero-order valence-electron chi connectivity index (χ0n) is 10.9. The highest BCUT2D eigenvalue weighted by Crippen LogP contribution is 2.29. The number of nitrogens with two attached hydrogens (primary N) is 1. The van der Waals surface area contributed by atoms with Gasteiger partial charge in [-0.1, -0.05) is 11.6 Å². The van der Waals surface area contributed by atoms with Crippen molar-refractivity contribution >= 4 is 33.0 Å². The minimum Gasteiger partial charge on any atom is -0.495 e. The minimum atomic E-state index is -3.91. The topological polar surface area (TPSA) is 81.4 Å². The quantitative estimate of drug-likeness (QED) is 0.845. The number of ether oxygens (including phenoxy) is 1. The van der Waals surface area contributed by atoms with Gasteiger partial charge >= 0.3 is 0 Å². The van der Waals surface area contributed by atoms with Crippen LogP contribution in [0.1, 0.15) is 0 Å². The van der Waals surface area contributed by atoms with E-state index in [-0.39, 0.29) is 22.0 Å². The normalized spacial score (nSPS) is 11.2. The molecule has 0 radical (unpaired) electrons. The lowest BCUT2D eigenvalue weighted by molar-refractivity contribution is 0.403. The third kappa shape index (κ3) is 3.37. The molecule has 0 heterocycles. The molecule has 21 heavy (non-hydrogen) atoms. The van der Waals surface area contributed by atoms with E-state index in [9.17, 15) is 12.8 Å². The molecule has 0 bridgehead atoms. The Bertz CT molecular complexity index is 781. The molecular weight excluding hydrogens is 319 g/mol. The van der Waals surface area contributed by atoms with Crippen LogP contribution in [0.15, 0.2) is 41.3 Å². The van der Waals surface area contributed by atoms with Crippen molar-refractivity contribution in [3.05, 3.63) is 47.2 Å². The Morgan fingerprint density at radius 1 is 1.24 bits per heavy atom. The summed E-state index contributed by atoms with van der Waals surface area (Å²) >= 11 is 5.79. The van der Waals surface area contributed by atoms with Gasteiger partial charge in [0.05, 0.1) is 18.5 Å². The van der Waals surface area contributed by atoms with Crippen LogP contribution in [0.4, 0.5) is 15.8 Å². The smallest absolute Gasteiger partial charge is 0.265 e. The Morgan fingerprint density at radius 2 is 1.95 bits per heavy atom. The SMILES string of the molecule is COc1cc(Cl)ccc1S(=O)(=O)Nc1ccc(F)c(N)c1. The first-order chi connectivity index (χ1) is 9.83. The molecule has 2 aromatic rings. The van der Waals surface area contributed by atoms with Crippen LogP contribution in [-0.4, -0.2) is 15.5 Å². The zero-order chi connectivity index (χ0) is 15.6. The van der Waals surface area contributed by atoms with Gasteiger partial charge in [0.2, 0.25) is 0 Å². The Hall–Kier alpha value is -1.99. The minimum absolute atomic E-state index is 0.0858. The number of hydrogen-bond donors (Lipinski definition) is 2. The van der Waals surface area contributed by atoms with Crippen molar-refractivity contribution in [3.8, 4) is 5.75 Å². The van der Waals surface area contributed by atoms with Crippen LogP contribution in [0, 0.1) is 5.82 Å². The van der Waals surface area contributed by atoms with Crippen LogP contribution in [-0.2, 0) is 10.0 Å². The van der Waals surface area contributed by atoms with Gasteiger partial charge in [-0.2, -0.15) is 0 Å². The first-order valence-corrected chi connectivity index (χ1v) is 7.61. The molecule has 0 saturated heterocycles. The van der Waals surface area contributed by atoms with Gasteiger partial charge in [0.1, 0.15) is 16.5 Å². The number of methoxy groups -OCH3 is 1. The molecule has 3 N–H and O–H groups in total. The predicted molar refractivity (Wildman–Crippen MR) is 79.6 cm³/mol. The highest BCUT2D eigenvalue weighted by molar-refractivity contribution is 7.92. The first kappa shape index (κ1) is 15.4. The number of nitrogens with one attached hydrogen (secondary N) is 1. The fraction of sp³-hybridized carbons (Fsp3) is 0.0769. The summed E-state index contributed by atoms with van der Waals surface area (Å²) in [5.74, 6) is -0.521. The molecule has 0 spiro atoms. The van der Waals surface area contributed by atoms with Gasteiger partial charge in [-0.3, -0.25) is 4.72 Å². The molecule has 0 saturated carbocycles. The predicted octanol–water partition coefficient (Wildman–Crippen LogP) is 2.87. The van der Waals surface area contributed by atoms with E-state index in [0.717, 1.165) is 6.07 Å². The van der Waals surface area contributed by atoms with E-state index >= 15 is 0 Å². The maximum absolute atomic E-state index is 13.1. The van der Waals surface area contributed by atoms with Crippen molar-refractivity contribution in [2.24, 2.45) is 0 Å². The lowest BCUT2D eigenvalue weighted by atomic mass is 10.3. The Kier molecular flexibility index (Phi) is 4.24. The lowest BCUT2D eigenvalue weighted by Gasteiger charge is -2.12. The van der Waals surface area contributed by atoms with Gasteiger partial charge in [0.25, 0.3) is 10.0 Å². The number of anilines is 2. The van der Waals surface area contributed by atoms with E-state index in [0.29, 0.717) is 5.02 Å². The summed E-state index contributed by atoms with van der Waals surface area (Å²) in [4.78, 5) is -0.0858. The molecular formula is C13H12ClFN2O3S. The number of benzene rings is 2. The molecule has 0 fully saturated rings. The molecule has 8 heteroatoms. The van der Waals surface area contributed by atoms with Crippen LogP contribution in [0.25, 0.3) is 0 Å². The van der Waals surface area contributed by atoms with Gasteiger partial charge in [0, 0.05) is 11.1 Å². The summed E-state index contributed by atoms with van der Waals surface area (Å²) < 4.78 is 45.0. The Labute approximate surface area is 126 Å². The number of halogens is 2. The molecule has 0 unspecified atom stereocenters. The van der Waals surface area contributed by atoms with Crippen molar-refractivity contribution in [3.63, 3.8) is 0 Å². The molecule has 5 nitrogen and oxygen atoms in total. The van der Waals surface area contributed by atoms with Crippen LogP contribution in [0.2, 0.25) is 5.02 Å². The van der Waals surface area contributed by atoms with E-state index in [1.165, 1.54) is 37.4 Å². The molecule has 2 aromatic carbocycles. The van der Waals surface area contributed by atoms with Crippen molar-refractivity contribution in [1.29, 1.82) is 0 Å². The van der Waals surface area contributed by atoms with E-state index < -0.39 is 15.8 Å².